The van der Waals surface area contributed by atoms with Crippen molar-refractivity contribution in [3.8, 4) is 0 Å². The normalized spacial score (nSPS) is 22.5. The number of ether oxygens (including phenoxy) is 2. The van der Waals surface area contributed by atoms with Crippen molar-refractivity contribution in [2.24, 2.45) is 5.92 Å². The molecule has 0 amide bonds. The van der Waals surface area contributed by atoms with Gasteiger partial charge in [0.15, 0.2) is 0 Å². The quantitative estimate of drug-likeness (QED) is 0.771. The summed E-state index contributed by atoms with van der Waals surface area (Å²) in [6.07, 6.45) is 3.75. The van der Waals surface area contributed by atoms with Crippen LogP contribution in [0.15, 0.2) is 24.3 Å². The van der Waals surface area contributed by atoms with E-state index < -0.39 is 0 Å². The summed E-state index contributed by atoms with van der Waals surface area (Å²) in [4.78, 5) is 11.6. The molecule has 1 aliphatic rings. The number of halogens is 1. The zero-order valence-electron chi connectivity index (χ0n) is 11.8. The molecule has 20 heavy (non-hydrogen) atoms. The molecule has 0 saturated heterocycles. The van der Waals surface area contributed by atoms with Gasteiger partial charge in [-0.1, -0.05) is 29.8 Å². The Bertz CT molecular complexity index is 439. The maximum Gasteiger partial charge on any atom is 0.308 e. The van der Waals surface area contributed by atoms with Gasteiger partial charge in [-0.25, -0.2) is 0 Å². The average Bonchev–Trinajstić information content (AvgIpc) is 2.47. The minimum atomic E-state index is -0.0583. The molecule has 3 nitrogen and oxygen atoms in total. The third kappa shape index (κ3) is 4.22. The summed E-state index contributed by atoms with van der Waals surface area (Å²) < 4.78 is 11.0. The van der Waals surface area contributed by atoms with Crippen molar-refractivity contribution in [2.75, 3.05) is 6.61 Å². The van der Waals surface area contributed by atoms with Crippen molar-refractivity contribution < 1.29 is 14.3 Å². The number of rotatable bonds is 5. The highest BCUT2D eigenvalue weighted by Gasteiger charge is 2.27. The van der Waals surface area contributed by atoms with E-state index in [0.29, 0.717) is 13.2 Å². The fourth-order valence-electron chi connectivity index (χ4n) is 2.55. The second-order valence-electron chi connectivity index (χ2n) is 5.13. The van der Waals surface area contributed by atoms with Gasteiger partial charge in [-0.3, -0.25) is 4.79 Å². The molecule has 1 fully saturated rings. The van der Waals surface area contributed by atoms with E-state index in [-0.39, 0.29) is 18.0 Å². The molecule has 0 radical (unpaired) electrons. The first-order valence-corrected chi connectivity index (χ1v) is 7.60. The molecule has 1 saturated carbocycles. The zero-order valence-corrected chi connectivity index (χ0v) is 12.6. The Kier molecular flexibility index (Phi) is 5.86. The van der Waals surface area contributed by atoms with Gasteiger partial charge < -0.3 is 9.47 Å². The molecule has 110 valence electrons. The molecule has 4 heteroatoms. The molecule has 0 unspecified atom stereocenters. The Morgan fingerprint density at radius 1 is 1.25 bits per heavy atom. The predicted molar refractivity (Wildman–Crippen MR) is 78.6 cm³/mol. The molecule has 0 bridgehead atoms. The second-order valence-corrected chi connectivity index (χ2v) is 5.54. The Labute approximate surface area is 125 Å². The second kappa shape index (κ2) is 7.65. The maximum atomic E-state index is 11.6. The van der Waals surface area contributed by atoms with E-state index in [0.717, 1.165) is 36.3 Å². The van der Waals surface area contributed by atoms with Crippen LogP contribution >= 0.6 is 11.6 Å². The summed E-state index contributed by atoms with van der Waals surface area (Å²) in [5.74, 6) is -0.00725. The van der Waals surface area contributed by atoms with Gasteiger partial charge in [0.05, 0.1) is 25.2 Å². The van der Waals surface area contributed by atoms with Crippen molar-refractivity contribution in [3.63, 3.8) is 0 Å². The molecule has 0 atom stereocenters. The summed E-state index contributed by atoms with van der Waals surface area (Å²) in [5.41, 5.74) is 1.02. The molecular formula is C16H21ClO3. The number of benzene rings is 1. The maximum absolute atomic E-state index is 11.6. The highest BCUT2D eigenvalue weighted by molar-refractivity contribution is 6.31. The molecule has 2 rings (SSSR count). The van der Waals surface area contributed by atoms with Crippen molar-refractivity contribution in [1.29, 1.82) is 0 Å². The lowest BCUT2D eigenvalue weighted by molar-refractivity contribution is -0.150. The van der Waals surface area contributed by atoms with Gasteiger partial charge in [-0.05, 0) is 44.2 Å². The van der Waals surface area contributed by atoms with Gasteiger partial charge in [-0.15, -0.1) is 0 Å². The fourth-order valence-corrected chi connectivity index (χ4v) is 2.74. The summed E-state index contributed by atoms with van der Waals surface area (Å²) in [5, 5.41) is 0.743. The lowest BCUT2D eigenvalue weighted by atomic mass is 9.87. The zero-order chi connectivity index (χ0) is 14.4. The van der Waals surface area contributed by atoms with Crippen LogP contribution in [0, 0.1) is 5.92 Å². The highest BCUT2D eigenvalue weighted by Crippen LogP contribution is 2.28. The van der Waals surface area contributed by atoms with Crippen LogP contribution in [0.3, 0.4) is 0 Å². The first-order valence-electron chi connectivity index (χ1n) is 7.22. The number of carbonyl (C=O) groups is 1. The van der Waals surface area contributed by atoms with Crippen LogP contribution in [0.4, 0.5) is 0 Å². The smallest absolute Gasteiger partial charge is 0.308 e. The lowest BCUT2D eigenvalue weighted by Gasteiger charge is -2.27. The minimum Gasteiger partial charge on any atom is -0.466 e. The van der Waals surface area contributed by atoms with E-state index in [1.165, 1.54) is 0 Å². The SMILES string of the molecule is CCOC(=O)C1CCC(OCc2ccccc2Cl)CC1. The standard InChI is InChI=1S/C16H21ClO3/c1-2-19-16(18)12-7-9-14(10-8-12)20-11-13-5-3-4-6-15(13)17/h3-6,12,14H,2,7-11H2,1H3. The van der Waals surface area contributed by atoms with E-state index in [4.69, 9.17) is 21.1 Å². The number of carbonyl (C=O) groups excluding carboxylic acids is 1. The van der Waals surface area contributed by atoms with Gasteiger partial charge in [-0.2, -0.15) is 0 Å². The van der Waals surface area contributed by atoms with Gasteiger partial charge >= 0.3 is 5.97 Å². The third-order valence-electron chi connectivity index (χ3n) is 3.73. The predicted octanol–water partition coefficient (Wildman–Crippen LogP) is 3.98. The van der Waals surface area contributed by atoms with Gasteiger partial charge in [0.1, 0.15) is 0 Å². The van der Waals surface area contributed by atoms with Crippen molar-refractivity contribution >= 4 is 17.6 Å². The van der Waals surface area contributed by atoms with Crippen LogP contribution in [0.1, 0.15) is 38.2 Å². The Balaban J connectivity index is 1.75. The van der Waals surface area contributed by atoms with Crippen LogP contribution in [-0.2, 0) is 20.9 Å². The molecule has 0 heterocycles. The van der Waals surface area contributed by atoms with Gasteiger partial charge in [0.2, 0.25) is 0 Å². The third-order valence-corrected chi connectivity index (χ3v) is 4.10. The van der Waals surface area contributed by atoms with Crippen molar-refractivity contribution in [3.05, 3.63) is 34.9 Å². The summed E-state index contributed by atoms with van der Waals surface area (Å²) in [6, 6.07) is 7.73. The minimum absolute atomic E-state index is 0.0510. The van der Waals surface area contributed by atoms with E-state index in [1.807, 2.05) is 31.2 Å². The molecular weight excluding hydrogens is 276 g/mol. The van der Waals surface area contributed by atoms with Crippen LogP contribution in [-0.4, -0.2) is 18.7 Å². The Morgan fingerprint density at radius 2 is 1.95 bits per heavy atom. The summed E-state index contributed by atoms with van der Waals surface area (Å²) >= 11 is 6.10. The molecule has 0 aromatic heterocycles. The van der Waals surface area contributed by atoms with Crippen molar-refractivity contribution in [1.82, 2.24) is 0 Å². The topological polar surface area (TPSA) is 35.5 Å². The van der Waals surface area contributed by atoms with Crippen LogP contribution in [0.25, 0.3) is 0 Å². The molecule has 0 aliphatic heterocycles. The molecule has 1 aromatic carbocycles. The highest BCUT2D eigenvalue weighted by atomic mass is 35.5. The van der Waals surface area contributed by atoms with E-state index in [9.17, 15) is 4.79 Å². The van der Waals surface area contributed by atoms with Crippen LogP contribution in [0.2, 0.25) is 5.02 Å². The average molecular weight is 297 g/mol. The Hall–Kier alpha value is -1.06. The molecule has 0 N–H and O–H groups in total. The Morgan fingerprint density at radius 3 is 2.60 bits per heavy atom. The van der Waals surface area contributed by atoms with Crippen LogP contribution < -0.4 is 0 Å². The van der Waals surface area contributed by atoms with Crippen LogP contribution in [0.5, 0.6) is 0 Å². The number of hydrogen-bond donors (Lipinski definition) is 0. The monoisotopic (exact) mass is 296 g/mol. The van der Waals surface area contributed by atoms with Gasteiger partial charge in [0, 0.05) is 5.02 Å². The lowest BCUT2D eigenvalue weighted by Crippen LogP contribution is -2.27. The molecule has 1 aliphatic carbocycles. The first kappa shape index (κ1) is 15.3. The summed E-state index contributed by atoms with van der Waals surface area (Å²) in [6.45, 7) is 2.84. The van der Waals surface area contributed by atoms with Crippen molar-refractivity contribution in [2.45, 2.75) is 45.3 Å². The van der Waals surface area contributed by atoms with E-state index in [2.05, 4.69) is 0 Å². The van der Waals surface area contributed by atoms with E-state index in [1.54, 1.807) is 0 Å². The first-order chi connectivity index (χ1) is 9.70. The fraction of sp³-hybridized carbons (Fsp3) is 0.562. The molecule has 1 aromatic rings. The van der Waals surface area contributed by atoms with Gasteiger partial charge in [0.25, 0.3) is 0 Å². The largest absolute Gasteiger partial charge is 0.466 e. The summed E-state index contributed by atoms with van der Waals surface area (Å²) in [7, 11) is 0. The number of hydrogen-bond acceptors (Lipinski definition) is 3. The molecule has 0 spiro atoms. The number of esters is 1. The van der Waals surface area contributed by atoms with E-state index >= 15 is 0 Å².